The first-order chi connectivity index (χ1) is 2.81. The average Bonchev–Trinajstić information content (AvgIpc) is 1.65. The van der Waals surface area contributed by atoms with Crippen LogP contribution in [-0.2, 0) is 4.79 Å². The molecule has 0 atom stereocenters. The van der Waals surface area contributed by atoms with Crippen LogP contribution in [0.5, 0.6) is 0 Å². The molecule has 0 bridgehead atoms. The Morgan fingerprint density at radius 1 is 2.00 bits per heavy atom. The highest BCUT2D eigenvalue weighted by atomic mass is 16.5. The molecule has 0 saturated carbocycles. The zero-order valence-electron chi connectivity index (χ0n) is 3.14. The number of hydrogen-bond acceptors (Lipinski definition) is 3. The number of amides is 1. The van der Waals surface area contributed by atoms with Gasteiger partial charge in [-0.2, -0.15) is 0 Å². The highest BCUT2D eigenvalue weighted by molar-refractivity contribution is 5.76. The third kappa shape index (κ3) is 1.68. The molecule has 4 heteroatoms. The van der Waals surface area contributed by atoms with Gasteiger partial charge in [0.25, 0.3) is 5.91 Å². The molecule has 0 unspecified atom stereocenters. The number of rotatable bonds is 1. The molecular weight excluding hydrogens is 84.0 g/mol. The summed E-state index contributed by atoms with van der Waals surface area (Å²) in [6, 6.07) is 0. The van der Waals surface area contributed by atoms with Gasteiger partial charge in [0.05, 0.1) is 6.54 Å². The van der Waals surface area contributed by atoms with E-state index in [0.29, 0.717) is 0 Å². The molecule has 4 N–H and O–H groups in total. The zero-order valence-corrected chi connectivity index (χ0v) is 3.14. The third-order valence-corrected chi connectivity index (χ3v) is 0.310. The van der Waals surface area contributed by atoms with Gasteiger partial charge < -0.3 is 5.73 Å². The minimum atomic E-state index is -0.574. The molecule has 0 saturated heterocycles. The lowest BCUT2D eigenvalue weighted by Crippen LogP contribution is -2.26. The molecule has 0 aliphatic heterocycles. The number of hydrogen-bond donors (Lipinski definition) is 3. The van der Waals surface area contributed by atoms with Crippen molar-refractivity contribution in [2.75, 3.05) is 6.54 Å². The Hall–Kier alpha value is -0.610. The fraction of sp³-hybridized carbons (Fsp3) is 0.500. The van der Waals surface area contributed by atoms with Crippen molar-refractivity contribution in [2.45, 2.75) is 0 Å². The normalized spacial score (nSPS) is 7.67. The predicted molar refractivity (Wildman–Crippen MR) is 19.0 cm³/mol. The highest BCUT2D eigenvalue weighted by Crippen LogP contribution is 1.46. The number of carbonyl (C=O) groups is 1. The first-order valence-electron chi connectivity index (χ1n) is 1.44. The topological polar surface area (TPSA) is 75.4 Å². The van der Waals surface area contributed by atoms with E-state index in [1.54, 1.807) is 0 Å². The maximum Gasteiger partial charge on any atom is 0.257 e. The van der Waals surface area contributed by atoms with Crippen LogP contribution in [0.15, 0.2) is 0 Å². The van der Waals surface area contributed by atoms with Crippen molar-refractivity contribution in [3.05, 3.63) is 0 Å². The van der Waals surface area contributed by atoms with Gasteiger partial charge in [-0.15, -0.1) is 0 Å². The van der Waals surface area contributed by atoms with E-state index in [0.717, 1.165) is 0 Å². The molecule has 0 aliphatic rings. The lowest BCUT2D eigenvalue weighted by Gasteiger charge is -1.86. The molecule has 0 radical (unpaired) electrons. The fourth-order valence-corrected chi connectivity index (χ4v) is 0.0456. The van der Waals surface area contributed by atoms with Gasteiger partial charge in [0.15, 0.2) is 0 Å². The molecular formula is C2H6N2O2. The third-order valence-electron chi connectivity index (χ3n) is 0.310. The van der Waals surface area contributed by atoms with E-state index in [2.05, 4.69) is 0 Å². The number of nitrogens with one attached hydrogen (secondary N) is 1. The lowest BCUT2D eigenvalue weighted by atomic mass is 10.7. The molecule has 0 rings (SSSR count). The second kappa shape index (κ2) is 2.62. The molecule has 0 aromatic rings. The standard InChI is InChI=1S/C2H6N2O2/c3-1-2(5)4-6/h6H,1,3H2,(H,4,5). The van der Waals surface area contributed by atoms with Crippen molar-refractivity contribution in [3.8, 4) is 0 Å². The first-order valence-corrected chi connectivity index (χ1v) is 1.44. The SMILES string of the molecule is NCC(=O)NO. The zero-order chi connectivity index (χ0) is 4.99. The van der Waals surface area contributed by atoms with Gasteiger partial charge in [-0.1, -0.05) is 0 Å². The summed E-state index contributed by atoms with van der Waals surface area (Å²) < 4.78 is 0. The van der Waals surface area contributed by atoms with Crippen LogP contribution in [0, 0.1) is 0 Å². The Labute approximate surface area is 34.9 Å². The molecule has 4 nitrogen and oxygen atoms in total. The number of carbonyl (C=O) groups excluding carboxylic acids is 1. The predicted octanol–water partition coefficient (Wildman–Crippen LogP) is -1.55. The smallest absolute Gasteiger partial charge is 0.257 e. The monoisotopic (exact) mass is 90.0 g/mol. The Balaban J connectivity index is 2.99. The summed E-state index contributed by atoms with van der Waals surface area (Å²) in [5, 5.41) is 7.66. The van der Waals surface area contributed by atoms with Crippen LogP contribution in [-0.4, -0.2) is 17.7 Å². The van der Waals surface area contributed by atoms with E-state index in [4.69, 9.17) is 10.9 Å². The van der Waals surface area contributed by atoms with Crippen molar-refractivity contribution >= 4 is 5.91 Å². The minimum Gasteiger partial charge on any atom is -0.322 e. The molecule has 0 aliphatic carbocycles. The number of hydroxylamine groups is 1. The summed E-state index contributed by atoms with van der Waals surface area (Å²) in [7, 11) is 0. The second-order valence-electron chi connectivity index (χ2n) is 0.739. The van der Waals surface area contributed by atoms with Crippen LogP contribution in [0.25, 0.3) is 0 Å². The average molecular weight is 90.1 g/mol. The Morgan fingerprint density at radius 3 is 2.50 bits per heavy atom. The number of nitrogens with two attached hydrogens (primary N) is 1. The molecule has 0 fully saturated rings. The molecule has 0 spiro atoms. The maximum absolute atomic E-state index is 9.69. The van der Waals surface area contributed by atoms with Gasteiger partial charge in [-0.3, -0.25) is 10.0 Å². The highest BCUT2D eigenvalue weighted by Gasteiger charge is 1.86. The largest absolute Gasteiger partial charge is 0.322 e. The van der Waals surface area contributed by atoms with Crippen LogP contribution < -0.4 is 11.2 Å². The summed E-state index contributed by atoms with van der Waals surface area (Å²) in [5.41, 5.74) is 6.06. The molecule has 6 heavy (non-hydrogen) atoms. The Bertz CT molecular complexity index is 47.5. The molecule has 0 heterocycles. The Kier molecular flexibility index (Phi) is 2.35. The van der Waals surface area contributed by atoms with E-state index in [1.165, 1.54) is 5.48 Å². The van der Waals surface area contributed by atoms with Crippen LogP contribution >= 0.6 is 0 Å². The van der Waals surface area contributed by atoms with E-state index in [-0.39, 0.29) is 6.54 Å². The minimum absolute atomic E-state index is 0.170. The van der Waals surface area contributed by atoms with Crippen LogP contribution in [0.3, 0.4) is 0 Å². The van der Waals surface area contributed by atoms with Crippen molar-refractivity contribution in [1.82, 2.24) is 5.48 Å². The summed E-state index contributed by atoms with van der Waals surface area (Å²) >= 11 is 0. The van der Waals surface area contributed by atoms with Gasteiger partial charge in [0.1, 0.15) is 0 Å². The molecule has 1 amide bonds. The molecule has 0 aromatic carbocycles. The molecule has 36 valence electrons. The summed E-state index contributed by atoms with van der Waals surface area (Å²) in [6.07, 6.45) is 0. The van der Waals surface area contributed by atoms with E-state index < -0.39 is 5.91 Å². The van der Waals surface area contributed by atoms with Crippen molar-refractivity contribution in [2.24, 2.45) is 5.73 Å². The van der Waals surface area contributed by atoms with Crippen molar-refractivity contribution < 1.29 is 10.0 Å². The summed E-state index contributed by atoms with van der Waals surface area (Å²) in [6.45, 7) is -0.170. The van der Waals surface area contributed by atoms with E-state index >= 15 is 0 Å². The Morgan fingerprint density at radius 2 is 2.50 bits per heavy atom. The van der Waals surface area contributed by atoms with Gasteiger partial charge >= 0.3 is 0 Å². The van der Waals surface area contributed by atoms with E-state index in [1.807, 2.05) is 0 Å². The summed E-state index contributed by atoms with van der Waals surface area (Å²) in [4.78, 5) is 9.69. The first kappa shape index (κ1) is 5.39. The lowest BCUT2D eigenvalue weighted by molar-refractivity contribution is -0.127. The van der Waals surface area contributed by atoms with E-state index in [9.17, 15) is 4.79 Å². The van der Waals surface area contributed by atoms with Crippen molar-refractivity contribution in [1.29, 1.82) is 0 Å². The van der Waals surface area contributed by atoms with Gasteiger partial charge in [0.2, 0.25) is 0 Å². The van der Waals surface area contributed by atoms with Gasteiger partial charge in [0, 0.05) is 0 Å². The molecule has 0 aromatic heterocycles. The van der Waals surface area contributed by atoms with Crippen LogP contribution in [0.2, 0.25) is 0 Å². The quantitative estimate of drug-likeness (QED) is 0.269. The fourth-order valence-electron chi connectivity index (χ4n) is 0.0456. The van der Waals surface area contributed by atoms with Crippen LogP contribution in [0.1, 0.15) is 0 Å². The van der Waals surface area contributed by atoms with Crippen molar-refractivity contribution in [3.63, 3.8) is 0 Å². The second-order valence-corrected chi connectivity index (χ2v) is 0.739. The van der Waals surface area contributed by atoms with Gasteiger partial charge in [-0.25, -0.2) is 5.48 Å². The summed E-state index contributed by atoms with van der Waals surface area (Å²) in [5.74, 6) is -0.574. The maximum atomic E-state index is 9.69. The van der Waals surface area contributed by atoms with Crippen LogP contribution in [0.4, 0.5) is 0 Å². The van der Waals surface area contributed by atoms with Gasteiger partial charge in [-0.05, 0) is 0 Å².